The lowest BCUT2D eigenvalue weighted by Crippen LogP contribution is -2.41. The molecule has 3 amide bonds. The largest absolute Gasteiger partial charge is 0.387 e. The Morgan fingerprint density at radius 2 is 2.20 bits per heavy atom. The van der Waals surface area contributed by atoms with E-state index in [0.717, 1.165) is 12.8 Å². The van der Waals surface area contributed by atoms with Crippen LogP contribution < -0.4 is 10.6 Å². The van der Waals surface area contributed by atoms with Crippen LogP contribution in [0.25, 0.3) is 0 Å². The molecule has 3 N–H and O–H groups in total. The molecule has 0 aliphatic carbocycles. The molecule has 0 saturated carbocycles. The molecule has 1 heterocycles. The highest BCUT2D eigenvalue weighted by atomic mass is 16.3. The van der Waals surface area contributed by atoms with Crippen LogP contribution in [-0.2, 0) is 11.3 Å². The van der Waals surface area contributed by atoms with Crippen LogP contribution in [0.2, 0.25) is 0 Å². The summed E-state index contributed by atoms with van der Waals surface area (Å²) in [7, 11) is 0. The molecular formula is C12H21N5O3. The van der Waals surface area contributed by atoms with Crippen LogP contribution in [0.4, 0.5) is 4.79 Å². The number of nitrogens with zero attached hydrogens (tertiary/aromatic N) is 3. The summed E-state index contributed by atoms with van der Waals surface area (Å²) in [5.74, 6) is -0.485. The minimum Gasteiger partial charge on any atom is -0.387 e. The molecular weight excluding hydrogens is 262 g/mol. The van der Waals surface area contributed by atoms with Gasteiger partial charge in [-0.05, 0) is 12.8 Å². The second-order valence-electron chi connectivity index (χ2n) is 4.42. The van der Waals surface area contributed by atoms with Crippen LogP contribution in [0.5, 0.6) is 0 Å². The summed E-state index contributed by atoms with van der Waals surface area (Å²) in [6, 6.07) is -0.516. The molecule has 0 fully saturated rings. The highest BCUT2D eigenvalue weighted by Crippen LogP contribution is 2.11. The number of hydrogen-bond acceptors (Lipinski definition) is 5. The fourth-order valence-electron chi connectivity index (χ4n) is 1.49. The maximum Gasteiger partial charge on any atom is 0.321 e. The molecule has 0 aliphatic rings. The van der Waals surface area contributed by atoms with Gasteiger partial charge in [0.15, 0.2) is 0 Å². The van der Waals surface area contributed by atoms with Crippen LogP contribution in [-0.4, -0.2) is 38.6 Å². The number of hydrogen-bond donors (Lipinski definition) is 3. The van der Waals surface area contributed by atoms with Gasteiger partial charge in [0, 0.05) is 6.54 Å². The summed E-state index contributed by atoms with van der Waals surface area (Å²) in [6.45, 7) is 4.24. The number of aliphatic hydroxyl groups is 1. The van der Waals surface area contributed by atoms with E-state index in [-0.39, 0.29) is 6.54 Å². The second-order valence-corrected chi connectivity index (χ2v) is 4.42. The van der Waals surface area contributed by atoms with Gasteiger partial charge in [0.25, 0.3) is 0 Å². The second kappa shape index (κ2) is 8.26. The molecule has 0 radical (unpaired) electrons. The third kappa shape index (κ3) is 5.35. The van der Waals surface area contributed by atoms with Crippen LogP contribution in [0.1, 0.15) is 44.9 Å². The van der Waals surface area contributed by atoms with Crippen LogP contribution in [0, 0.1) is 0 Å². The number of carbonyl (C=O) groups is 2. The number of unbranched alkanes of at least 4 members (excludes halogenated alkanes) is 1. The van der Waals surface area contributed by atoms with Gasteiger partial charge in [-0.2, -0.15) is 0 Å². The smallest absolute Gasteiger partial charge is 0.321 e. The maximum absolute atomic E-state index is 11.6. The maximum atomic E-state index is 11.6. The van der Waals surface area contributed by atoms with E-state index in [1.807, 2.05) is 13.8 Å². The van der Waals surface area contributed by atoms with Gasteiger partial charge in [0.1, 0.15) is 12.2 Å². The summed E-state index contributed by atoms with van der Waals surface area (Å²) in [5.41, 5.74) is 0.410. The van der Waals surface area contributed by atoms with Crippen LogP contribution in [0.15, 0.2) is 6.20 Å². The first-order chi connectivity index (χ1) is 9.56. The normalized spacial score (nSPS) is 11.9. The van der Waals surface area contributed by atoms with E-state index >= 15 is 0 Å². The van der Waals surface area contributed by atoms with E-state index in [1.165, 1.54) is 10.9 Å². The topological polar surface area (TPSA) is 109 Å². The zero-order chi connectivity index (χ0) is 15.0. The number of amides is 3. The average molecular weight is 283 g/mol. The number of carbonyl (C=O) groups excluding carboxylic acids is 2. The number of aliphatic hydroxyl groups excluding tert-OH is 1. The Labute approximate surface area is 117 Å². The molecule has 0 saturated heterocycles. The Kier molecular flexibility index (Phi) is 6.65. The molecule has 1 unspecified atom stereocenters. The van der Waals surface area contributed by atoms with Gasteiger partial charge in [-0.15, -0.1) is 5.10 Å². The number of aromatic nitrogens is 3. The van der Waals surface area contributed by atoms with E-state index < -0.39 is 18.0 Å². The van der Waals surface area contributed by atoms with Gasteiger partial charge in [0.2, 0.25) is 5.91 Å². The van der Waals surface area contributed by atoms with Crippen molar-refractivity contribution >= 4 is 11.9 Å². The van der Waals surface area contributed by atoms with Gasteiger partial charge in [-0.1, -0.05) is 25.5 Å². The molecule has 8 heteroatoms. The Balaban J connectivity index is 2.38. The summed E-state index contributed by atoms with van der Waals surface area (Å²) < 4.78 is 1.28. The van der Waals surface area contributed by atoms with Crippen molar-refractivity contribution in [2.45, 2.75) is 45.8 Å². The minimum absolute atomic E-state index is 0.120. The van der Waals surface area contributed by atoms with Gasteiger partial charge >= 0.3 is 6.03 Å². The molecule has 1 rings (SSSR count). The lowest BCUT2D eigenvalue weighted by atomic mass is 10.2. The molecule has 8 nitrogen and oxygen atoms in total. The van der Waals surface area contributed by atoms with E-state index in [2.05, 4.69) is 20.9 Å². The minimum atomic E-state index is -0.691. The van der Waals surface area contributed by atoms with Gasteiger partial charge in [-0.25, -0.2) is 9.48 Å². The van der Waals surface area contributed by atoms with E-state index in [0.29, 0.717) is 18.7 Å². The molecule has 20 heavy (non-hydrogen) atoms. The van der Waals surface area contributed by atoms with Crippen molar-refractivity contribution in [2.24, 2.45) is 0 Å². The third-order valence-electron chi connectivity index (χ3n) is 2.66. The lowest BCUT2D eigenvalue weighted by molar-refractivity contribution is -0.120. The first kappa shape index (κ1) is 16.1. The van der Waals surface area contributed by atoms with Crippen molar-refractivity contribution in [3.8, 4) is 0 Å². The molecule has 1 atom stereocenters. The first-order valence-electron chi connectivity index (χ1n) is 6.72. The highest BCUT2D eigenvalue weighted by molar-refractivity contribution is 5.94. The number of rotatable bonds is 7. The van der Waals surface area contributed by atoms with Crippen molar-refractivity contribution in [3.05, 3.63) is 11.9 Å². The average Bonchev–Trinajstić information content (AvgIpc) is 2.86. The number of urea groups is 1. The molecule has 0 bridgehead atoms. The Bertz CT molecular complexity index is 446. The number of imide groups is 1. The molecule has 0 aliphatic heterocycles. The molecule has 1 aromatic heterocycles. The Morgan fingerprint density at radius 1 is 1.45 bits per heavy atom. The fraction of sp³-hybridized carbons (Fsp3) is 0.667. The summed E-state index contributed by atoms with van der Waals surface area (Å²) in [6.07, 6.45) is 3.15. The zero-order valence-electron chi connectivity index (χ0n) is 11.8. The monoisotopic (exact) mass is 283 g/mol. The summed E-state index contributed by atoms with van der Waals surface area (Å²) in [4.78, 5) is 22.9. The van der Waals surface area contributed by atoms with Crippen LogP contribution in [0.3, 0.4) is 0 Å². The van der Waals surface area contributed by atoms with Crippen molar-refractivity contribution in [1.82, 2.24) is 25.6 Å². The van der Waals surface area contributed by atoms with E-state index in [9.17, 15) is 14.7 Å². The SMILES string of the molecule is CCCCNC(=O)NC(=O)Cn1cc(C(O)CC)nn1. The van der Waals surface area contributed by atoms with Crippen molar-refractivity contribution in [3.63, 3.8) is 0 Å². The Morgan fingerprint density at radius 3 is 2.85 bits per heavy atom. The van der Waals surface area contributed by atoms with Crippen molar-refractivity contribution in [1.29, 1.82) is 0 Å². The molecule has 0 aromatic carbocycles. The third-order valence-corrected chi connectivity index (χ3v) is 2.66. The summed E-state index contributed by atoms with van der Waals surface area (Å²) >= 11 is 0. The standard InChI is InChI=1S/C12H21N5O3/c1-3-5-6-13-12(20)14-11(19)8-17-7-9(15-16-17)10(18)4-2/h7,10,18H,3-6,8H2,1-2H3,(H2,13,14,19,20). The number of nitrogens with one attached hydrogen (secondary N) is 2. The predicted octanol–water partition coefficient (Wildman–Crippen LogP) is 0.347. The van der Waals surface area contributed by atoms with Gasteiger partial charge in [-0.3, -0.25) is 10.1 Å². The fourth-order valence-corrected chi connectivity index (χ4v) is 1.49. The molecule has 0 spiro atoms. The van der Waals surface area contributed by atoms with Crippen molar-refractivity contribution < 1.29 is 14.7 Å². The van der Waals surface area contributed by atoms with Gasteiger partial charge < -0.3 is 10.4 Å². The summed E-state index contributed by atoms with van der Waals surface area (Å²) in [5, 5.41) is 21.8. The highest BCUT2D eigenvalue weighted by Gasteiger charge is 2.12. The van der Waals surface area contributed by atoms with E-state index in [1.54, 1.807) is 0 Å². The molecule has 112 valence electrons. The predicted molar refractivity (Wildman–Crippen MR) is 71.7 cm³/mol. The van der Waals surface area contributed by atoms with E-state index in [4.69, 9.17) is 0 Å². The lowest BCUT2D eigenvalue weighted by Gasteiger charge is -2.05. The Hall–Kier alpha value is -1.96. The quantitative estimate of drug-likeness (QED) is 0.625. The van der Waals surface area contributed by atoms with Gasteiger partial charge in [0.05, 0.1) is 12.3 Å². The van der Waals surface area contributed by atoms with Crippen LogP contribution >= 0.6 is 0 Å². The zero-order valence-corrected chi connectivity index (χ0v) is 11.8. The van der Waals surface area contributed by atoms with Crippen molar-refractivity contribution in [2.75, 3.05) is 6.54 Å². The first-order valence-corrected chi connectivity index (χ1v) is 6.72. The molecule has 1 aromatic rings.